The lowest BCUT2D eigenvalue weighted by molar-refractivity contribution is 0.462. The van der Waals surface area contributed by atoms with Gasteiger partial charge in [0.25, 0.3) is 0 Å². The average molecular weight is 397 g/mol. The fourth-order valence-corrected chi connectivity index (χ4v) is 5.67. The van der Waals surface area contributed by atoms with Crippen LogP contribution in [0.2, 0.25) is 0 Å². The van der Waals surface area contributed by atoms with E-state index in [1.165, 1.54) is 60.8 Å². The Kier molecular flexibility index (Phi) is 4.70. The van der Waals surface area contributed by atoms with E-state index in [9.17, 15) is 0 Å². The lowest BCUT2D eigenvalue weighted by Gasteiger charge is -2.24. The van der Waals surface area contributed by atoms with Crippen LogP contribution in [0.5, 0.6) is 0 Å². The summed E-state index contributed by atoms with van der Waals surface area (Å²) in [6.07, 6.45) is 13.9. The molecule has 0 amide bonds. The Hall–Kier alpha value is -2.15. The third-order valence-electron chi connectivity index (χ3n) is 5.90. The smallest absolute Gasteiger partial charge is 0.230 e. The summed E-state index contributed by atoms with van der Waals surface area (Å²) >= 11 is 1.85. The van der Waals surface area contributed by atoms with Gasteiger partial charge in [0.1, 0.15) is 10.6 Å². The molecule has 3 aromatic rings. The van der Waals surface area contributed by atoms with Crippen molar-refractivity contribution in [2.45, 2.75) is 77.3 Å². The molecule has 0 radical (unpaired) electrons. The van der Waals surface area contributed by atoms with Crippen LogP contribution in [-0.4, -0.2) is 25.8 Å². The van der Waals surface area contributed by atoms with E-state index in [0.717, 1.165) is 22.8 Å². The maximum Gasteiger partial charge on any atom is 0.230 e. The lowest BCUT2D eigenvalue weighted by Crippen LogP contribution is -2.23. The summed E-state index contributed by atoms with van der Waals surface area (Å²) in [6, 6.07) is 0.864. The zero-order chi connectivity index (χ0) is 19.1. The van der Waals surface area contributed by atoms with Crippen LogP contribution in [0.4, 0.5) is 17.5 Å². The number of aryl methyl sites for hydroxylation is 2. The number of nitrogens with zero attached hydrogens (tertiary/aromatic N) is 4. The van der Waals surface area contributed by atoms with Crippen LogP contribution < -0.4 is 10.6 Å². The molecule has 6 nitrogen and oxygen atoms in total. The number of hydrogen-bond acceptors (Lipinski definition) is 6. The van der Waals surface area contributed by atoms with Gasteiger partial charge in [-0.05, 0) is 51.5 Å². The van der Waals surface area contributed by atoms with Gasteiger partial charge in [-0.1, -0.05) is 19.3 Å². The highest BCUT2D eigenvalue weighted by Gasteiger charge is 2.24. The highest BCUT2D eigenvalue weighted by atomic mass is 32.1. The molecule has 0 unspecified atom stereocenters. The molecule has 1 fully saturated rings. The molecular formula is C21H28N6S. The minimum Gasteiger partial charge on any atom is -0.367 e. The van der Waals surface area contributed by atoms with Crippen LogP contribution in [0.3, 0.4) is 0 Å². The van der Waals surface area contributed by atoms with E-state index in [0.29, 0.717) is 18.0 Å². The maximum absolute atomic E-state index is 4.93. The largest absolute Gasteiger partial charge is 0.367 e. The van der Waals surface area contributed by atoms with Crippen molar-refractivity contribution in [2.24, 2.45) is 0 Å². The number of anilines is 3. The Bertz CT molecular complexity index is 982. The second-order valence-corrected chi connectivity index (χ2v) is 9.42. The first-order valence-electron chi connectivity index (χ1n) is 10.6. The van der Waals surface area contributed by atoms with Crippen molar-refractivity contribution in [3.05, 3.63) is 22.8 Å². The molecule has 2 N–H and O–H groups in total. The highest BCUT2D eigenvalue weighted by molar-refractivity contribution is 7.19. The van der Waals surface area contributed by atoms with Crippen molar-refractivity contribution >= 4 is 39.0 Å². The van der Waals surface area contributed by atoms with Crippen molar-refractivity contribution in [3.8, 4) is 0 Å². The van der Waals surface area contributed by atoms with Crippen LogP contribution in [0.15, 0.2) is 12.4 Å². The van der Waals surface area contributed by atoms with Gasteiger partial charge in [0, 0.05) is 23.2 Å². The van der Waals surface area contributed by atoms with Crippen molar-refractivity contribution < 1.29 is 0 Å². The highest BCUT2D eigenvalue weighted by Crippen LogP contribution is 2.40. The number of hydrogen-bond donors (Lipinski definition) is 2. The minimum absolute atomic E-state index is 0.336. The van der Waals surface area contributed by atoms with E-state index in [4.69, 9.17) is 9.97 Å². The normalized spacial score (nSPS) is 17.4. The molecular weight excluding hydrogens is 368 g/mol. The SMILES string of the molecule is CC(C)n1cc(Nc2nc(NC3CCCCC3)c3c4c(sc3n2)CCC4)cn1. The van der Waals surface area contributed by atoms with Crippen LogP contribution in [0.25, 0.3) is 10.2 Å². The van der Waals surface area contributed by atoms with E-state index in [1.54, 1.807) is 0 Å². The van der Waals surface area contributed by atoms with Gasteiger partial charge in [0.05, 0.1) is 17.3 Å². The summed E-state index contributed by atoms with van der Waals surface area (Å²) < 4.78 is 1.95. The molecule has 2 aliphatic carbocycles. The topological polar surface area (TPSA) is 67.7 Å². The second-order valence-electron chi connectivity index (χ2n) is 8.34. The van der Waals surface area contributed by atoms with Gasteiger partial charge in [-0.3, -0.25) is 4.68 Å². The fraction of sp³-hybridized carbons (Fsp3) is 0.571. The van der Waals surface area contributed by atoms with Crippen LogP contribution in [-0.2, 0) is 12.8 Å². The van der Waals surface area contributed by atoms with Gasteiger partial charge in [-0.2, -0.15) is 10.1 Å². The zero-order valence-electron chi connectivity index (χ0n) is 16.7. The molecule has 148 valence electrons. The standard InChI is InChI=1S/C21H28N6S/c1-13(2)27-12-15(11-22-27)24-21-25-19(23-14-7-4-3-5-8-14)18-16-9-6-10-17(16)28-20(18)26-21/h11-14H,3-10H2,1-2H3,(H2,23,24,25,26). The van der Waals surface area contributed by atoms with Crippen molar-refractivity contribution in [1.29, 1.82) is 0 Å². The molecule has 28 heavy (non-hydrogen) atoms. The Morgan fingerprint density at radius 1 is 1.11 bits per heavy atom. The van der Waals surface area contributed by atoms with E-state index in [1.807, 2.05) is 28.4 Å². The van der Waals surface area contributed by atoms with Gasteiger partial charge in [0.2, 0.25) is 5.95 Å². The Morgan fingerprint density at radius 2 is 1.96 bits per heavy atom. The van der Waals surface area contributed by atoms with Crippen molar-refractivity contribution in [1.82, 2.24) is 19.7 Å². The Labute approximate surface area is 169 Å². The summed E-state index contributed by atoms with van der Waals surface area (Å²) in [5.41, 5.74) is 2.42. The van der Waals surface area contributed by atoms with E-state index in [2.05, 4.69) is 29.6 Å². The quantitative estimate of drug-likeness (QED) is 0.600. The molecule has 0 spiro atoms. The molecule has 7 heteroatoms. The summed E-state index contributed by atoms with van der Waals surface area (Å²) in [5.74, 6) is 1.68. The molecule has 5 rings (SSSR count). The third-order valence-corrected chi connectivity index (χ3v) is 7.08. The molecule has 3 heterocycles. The van der Waals surface area contributed by atoms with Gasteiger partial charge >= 0.3 is 0 Å². The molecule has 0 bridgehead atoms. The monoisotopic (exact) mass is 396 g/mol. The third kappa shape index (κ3) is 3.36. The van der Waals surface area contributed by atoms with Gasteiger partial charge in [-0.15, -0.1) is 11.3 Å². The van der Waals surface area contributed by atoms with E-state index in [-0.39, 0.29) is 0 Å². The number of fused-ring (bicyclic) bond motifs is 3. The molecule has 1 saturated carbocycles. The summed E-state index contributed by atoms with van der Waals surface area (Å²) in [5, 5.41) is 12.8. The number of nitrogens with one attached hydrogen (secondary N) is 2. The van der Waals surface area contributed by atoms with Gasteiger partial charge in [0.15, 0.2) is 0 Å². The molecule has 0 atom stereocenters. The minimum atomic E-state index is 0.336. The molecule has 3 aromatic heterocycles. The fourth-order valence-electron chi connectivity index (χ4n) is 4.41. The van der Waals surface area contributed by atoms with Crippen molar-refractivity contribution in [2.75, 3.05) is 10.6 Å². The maximum atomic E-state index is 4.93. The van der Waals surface area contributed by atoms with Gasteiger partial charge < -0.3 is 10.6 Å². The van der Waals surface area contributed by atoms with E-state index >= 15 is 0 Å². The lowest BCUT2D eigenvalue weighted by atomic mass is 9.95. The van der Waals surface area contributed by atoms with Crippen LogP contribution in [0.1, 0.15) is 68.9 Å². The van der Waals surface area contributed by atoms with Crippen molar-refractivity contribution in [3.63, 3.8) is 0 Å². The average Bonchev–Trinajstić information content (AvgIpc) is 3.38. The second kappa shape index (κ2) is 7.35. The zero-order valence-corrected chi connectivity index (χ0v) is 17.5. The molecule has 0 saturated heterocycles. The predicted octanol–water partition coefficient (Wildman–Crippen LogP) is 5.45. The first-order chi connectivity index (χ1) is 13.7. The first-order valence-corrected chi connectivity index (χ1v) is 11.4. The van der Waals surface area contributed by atoms with Crippen LogP contribution >= 0.6 is 11.3 Å². The number of aromatic nitrogens is 4. The molecule has 0 aliphatic heterocycles. The summed E-state index contributed by atoms with van der Waals surface area (Å²) in [7, 11) is 0. The number of rotatable bonds is 5. The molecule has 2 aliphatic rings. The first kappa shape index (κ1) is 17.9. The van der Waals surface area contributed by atoms with Crippen LogP contribution in [0, 0.1) is 0 Å². The summed E-state index contributed by atoms with van der Waals surface area (Å²) in [6.45, 7) is 4.25. The van der Waals surface area contributed by atoms with E-state index < -0.39 is 0 Å². The Balaban J connectivity index is 1.50. The summed E-state index contributed by atoms with van der Waals surface area (Å²) in [4.78, 5) is 12.4. The van der Waals surface area contributed by atoms with Gasteiger partial charge in [-0.25, -0.2) is 4.98 Å². The number of thiophene rings is 1. The molecule has 0 aromatic carbocycles. The Morgan fingerprint density at radius 3 is 2.75 bits per heavy atom. The predicted molar refractivity (Wildman–Crippen MR) is 116 cm³/mol.